The summed E-state index contributed by atoms with van der Waals surface area (Å²) in [6.45, 7) is 3.92. The molecule has 0 aliphatic carbocycles. The number of likely N-dealkylation sites (tertiary alicyclic amines) is 2. The molecule has 1 atom stereocenters. The van der Waals surface area contributed by atoms with Gasteiger partial charge in [-0.15, -0.1) is 0 Å². The highest BCUT2D eigenvalue weighted by Gasteiger charge is 2.48. The van der Waals surface area contributed by atoms with E-state index in [1.54, 1.807) is 7.11 Å². The molecule has 0 bridgehead atoms. The van der Waals surface area contributed by atoms with Crippen LogP contribution in [-0.4, -0.2) is 42.5 Å². The Morgan fingerprint density at radius 3 is 2.64 bits per heavy atom. The molecule has 148 valence electrons. The van der Waals surface area contributed by atoms with Gasteiger partial charge in [-0.25, -0.2) is 4.39 Å². The Hall–Kier alpha value is -2.40. The highest BCUT2D eigenvalue weighted by molar-refractivity contribution is 5.84. The van der Waals surface area contributed by atoms with Gasteiger partial charge in [0.05, 0.1) is 12.5 Å². The third-order valence-corrected chi connectivity index (χ3v) is 6.08. The molecule has 2 saturated heterocycles. The van der Waals surface area contributed by atoms with E-state index in [4.69, 9.17) is 4.74 Å². The summed E-state index contributed by atoms with van der Waals surface area (Å²) in [5, 5.41) is 0. The van der Waals surface area contributed by atoms with Crippen LogP contribution in [0.3, 0.4) is 0 Å². The molecule has 1 unspecified atom stereocenters. The van der Waals surface area contributed by atoms with E-state index < -0.39 is 0 Å². The Morgan fingerprint density at radius 2 is 1.86 bits per heavy atom. The molecule has 2 aromatic carbocycles. The van der Waals surface area contributed by atoms with E-state index in [2.05, 4.69) is 4.90 Å². The first kappa shape index (κ1) is 18.9. The zero-order chi connectivity index (χ0) is 19.6. The first-order chi connectivity index (χ1) is 13.6. The highest BCUT2D eigenvalue weighted by atomic mass is 19.1. The van der Waals surface area contributed by atoms with Crippen LogP contribution < -0.4 is 4.74 Å². The maximum atomic E-state index is 13.4. The normalized spacial score (nSPS) is 22.8. The third kappa shape index (κ3) is 3.90. The fraction of sp³-hybridized carbons (Fsp3) is 0.435. The second-order valence-electron chi connectivity index (χ2n) is 8.05. The molecule has 0 aromatic heterocycles. The van der Waals surface area contributed by atoms with Crippen molar-refractivity contribution in [3.05, 3.63) is 65.5 Å². The van der Waals surface area contributed by atoms with Crippen molar-refractivity contribution in [1.29, 1.82) is 0 Å². The fourth-order valence-corrected chi connectivity index (χ4v) is 4.61. The van der Waals surface area contributed by atoms with E-state index in [0.717, 1.165) is 62.3 Å². The number of hydrogen-bond acceptors (Lipinski definition) is 3. The van der Waals surface area contributed by atoms with E-state index in [9.17, 15) is 9.18 Å². The molecule has 1 amide bonds. The summed E-state index contributed by atoms with van der Waals surface area (Å²) in [4.78, 5) is 17.7. The molecule has 0 radical (unpaired) electrons. The van der Waals surface area contributed by atoms with Crippen LogP contribution in [0.15, 0.2) is 48.5 Å². The van der Waals surface area contributed by atoms with Gasteiger partial charge in [-0.2, -0.15) is 0 Å². The SMILES string of the molecule is COc1cccc(CN2CCCC3(CCN(Cc4ccc(F)cc4)C3)C2=O)c1. The largest absolute Gasteiger partial charge is 0.497 e. The number of halogens is 1. The van der Waals surface area contributed by atoms with E-state index in [0.29, 0.717) is 6.54 Å². The summed E-state index contributed by atoms with van der Waals surface area (Å²) in [5.41, 5.74) is 1.93. The first-order valence-electron chi connectivity index (χ1n) is 9.97. The Morgan fingerprint density at radius 1 is 1.04 bits per heavy atom. The summed E-state index contributed by atoms with van der Waals surface area (Å²) in [6, 6.07) is 14.6. The van der Waals surface area contributed by atoms with E-state index in [-0.39, 0.29) is 17.1 Å². The zero-order valence-corrected chi connectivity index (χ0v) is 16.4. The maximum absolute atomic E-state index is 13.4. The smallest absolute Gasteiger partial charge is 0.230 e. The van der Waals surface area contributed by atoms with Crippen LogP contribution in [0.1, 0.15) is 30.4 Å². The molecule has 2 aliphatic heterocycles. The van der Waals surface area contributed by atoms with Gasteiger partial charge in [-0.05, 0) is 61.2 Å². The van der Waals surface area contributed by atoms with Crippen molar-refractivity contribution >= 4 is 5.91 Å². The average Bonchev–Trinajstić information content (AvgIpc) is 3.11. The van der Waals surface area contributed by atoms with E-state index >= 15 is 0 Å². The molecule has 2 aromatic rings. The molecule has 4 rings (SSSR count). The number of amides is 1. The minimum absolute atomic E-state index is 0.211. The van der Waals surface area contributed by atoms with Crippen LogP contribution in [-0.2, 0) is 17.9 Å². The van der Waals surface area contributed by atoms with Crippen LogP contribution in [0.4, 0.5) is 4.39 Å². The number of carbonyl (C=O) groups is 1. The third-order valence-electron chi connectivity index (χ3n) is 6.08. The topological polar surface area (TPSA) is 32.8 Å². The van der Waals surface area contributed by atoms with Gasteiger partial charge in [0.25, 0.3) is 0 Å². The van der Waals surface area contributed by atoms with Gasteiger partial charge < -0.3 is 9.64 Å². The second-order valence-corrected chi connectivity index (χ2v) is 8.05. The van der Waals surface area contributed by atoms with Gasteiger partial charge >= 0.3 is 0 Å². The molecule has 2 fully saturated rings. The minimum atomic E-state index is -0.267. The molecule has 1 spiro atoms. The summed E-state index contributed by atoms with van der Waals surface area (Å²) in [5.74, 6) is 0.892. The average molecular weight is 382 g/mol. The Kier molecular flexibility index (Phi) is 5.36. The van der Waals surface area contributed by atoms with Gasteiger partial charge in [-0.3, -0.25) is 9.69 Å². The summed E-state index contributed by atoms with van der Waals surface area (Å²) in [6.07, 6.45) is 2.90. The van der Waals surface area contributed by atoms with Crippen molar-refractivity contribution in [2.75, 3.05) is 26.7 Å². The molecule has 0 saturated carbocycles. The fourth-order valence-electron chi connectivity index (χ4n) is 4.61. The second kappa shape index (κ2) is 7.92. The van der Waals surface area contributed by atoms with Crippen molar-refractivity contribution < 1.29 is 13.9 Å². The predicted molar refractivity (Wildman–Crippen MR) is 106 cm³/mol. The van der Waals surface area contributed by atoms with Gasteiger partial charge in [0.1, 0.15) is 11.6 Å². The van der Waals surface area contributed by atoms with Crippen LogP contribution in [0.25, 0.3) is 0 Å². The van der Waals surface area contributed by atoms with Gasteiger partial charge in [0.2, 0.25) is 5.91 Å². The van der Waals surface area contributed by atoms with Gasteiger partial charge in [0, 0.05) is 26.2 Å². The molecule has 4 nitrogen and oxygen atoms in total. The Balaban J connectivity index is 1.43. The molecule has 5 heteroatoms. The number of hydrogen-bond donors (Lipinski definition) is 0. The number of ether oxygens (including phenoxy) is 1. The number of nitrogens with zero attached hydrogens (tertiary/aromatic N) is 2. The summed E-state index contributed by atoms with van der Waals surface area (Å²) >= 11 is 0. The zero-order valence-electron chi connectivity index (χ0n) is 16.4. The quantitative estimate of drug-likeness (QED) is 0.788. The van der Waals surface area contributed by atoms with Gasteiger partial charge in [-0.1, -0.05) is 24.3 Å². The Labute approximate surface area is 165 Å². The monoisotopic (exact) mass is 382 g/mol. The molecular formula is C23H27FN2O2. The lowest BCUT2D eigenvalue weighted by molar-refractivity contribution is -0.146. The van der Waals surface area contributed by atoms with Crippen molar-refractivity contribution in [1.82, 2.24) is 9.80 Å². The van der Waals surface area contributed by atoms with Crippen molar-refractivity contribution in [3.8, 4) is 5.75 Å². The minimum Gasteiger partial charge on any atom is -0.497 e. The van der Waals surface area contributed by atoms with Crippen LogP contribution >= 0.6 is 0 Å². The van der Waals surface area contributed by atoms with Crippen molar-refractivity contribution in [3.63, 3.8) is 0 Å². The number of piperidine rings is 1. The maximum Gasteiger partial charge on any atom is 0.230 e. The van der Waals surface area contributed by atoms with E-state index in [1.807, 2.05) is 41.3 Å². The molecule has 0 N–H and O–H groups in total. The number of methoxy groups -OCH3 is 1. The lowest BCUT2D eigenvalue weighted by Gasteiger charge is -2.39. The van der Waals surface area contributed by atoms with Gasteiger partial charge in [0.15, 0.2) is 0 Å². The van der Waals surface area contributed by atoms with Crippen molar-refractivity contribution in [2.45, 2.75) is 32.4 Å². The van der Waals surface area contributed by atoms with Crippen LogP contribution in [0, 0.1) is 11.2 Å². The summed E-state index contributed by atoms with van der Waals surface area (Å²) < 4.78 is 18.4. The number of benzene rings is 2. The lowest BCUT2D eigenvalue weighted by Crippen LogP contribution is -2.49. The number of carbonyl (C=O) groups excluding carboxylic acids is 1. The molecule has 2 aliphatic rings. The Bertz CT molecular complexity index is 839. The van der Waals surface area contributed by atoms with Crippen LogP contribution in [0.2, 0.25) is 0 Å². The highest BCUT2D eigenvalue weighted by Crippen LogP contribution is 2.41. The molecule has 2 heterocycles. The summed E-state index contributed by atoms with van der Waals surface area (Å²) in [7, 11) is 1.66. The van der Waals surface area contributed by atoms with Crippen molar-refractivity contribution in [2.24, 2.45) is 5.41 Å². The molecular weight excluding hydrogens is 355 g/mol. The molecule has 28 heavy (non-hydrogen) atoms. The predicted octanol–water partition coefficient (Wildman–Crippen LogP) is 3.85. The number of rotatable bonds is 5. The van der Waals surface area contributed by atoms with E-state index in [1.165, 1.54) is 12.1 Å². The lowest BCUT2D eigenvalue weighted by atomic mass is 9.78. The first-order valence-corrected chi connectivity index (χ1v) is 9.97. The standard InChI is InChI=1S/C23H27FN2O2/c1-28-21-5-2-4-19(14-21)16-26-12-3-10-23(22(26)27)11-13-25(17-23)15-18-6-8-20(24)9-7-18/h2,4-9,14H,3,10-13,15-17H2,1H3. The van der Waals surface area contributed by atoms with Crippen LogP contribution in [0.5, 0.6) is 5.75 Å².